The minimum absolute atomic E-state index is 0.305. The van der Waals surface area contributed by atoms with Gasteiger partial charge in [-0.15, -0.1) is 6.58 Å². The van der Waals surface area contributed by atoms with Crippen molar-refractivity contribution < 1.29 is 9.53 Å². The zero-order chi connectivity index (χ0) is 13.4. The standard InChI is InChI=1S/C14H20N2O2/c1-3-5-9-18-13-8-7-12(14(17)16-15)10-11(13)6-4-2/h4,7-8,10H,2-3,5-6,9,15H2,1H3,(H,16,17). The van der Waals surface area contributed by atoms with E-state index in [1.165, 1.54) is 0 Å². The Bertz CT molecular complexity index is 416. The van der Waals surface area contributed by atoms with E-state index in [9.17, 15) is 4.79 Å². The summed E-state index contributed by atoms with van der Waals surface area (Å²) in [7, 11) is 0. The number of allylic oxidation sites excluding steroid dienone is 1. The van der Waals surface area contributed by atoms with Crippen LogP contribution < -0.4 is 16.0 Å². The van der Waals surface area contributed by atoms with Crippen LogP contribution >= 0.6 is 0 Å². The number of nitrogens with two attached hydrogens (primary N) is 1. The van der Waals surface area contributed by atoms with Gasteiger partial charge in [0.15, 0.2) is 0 Å². The molecule has 98 valence electrons. The lowest BCUT2D eigenvalue weighted by Gasteiger charge is -2.11. The fourth-order valence-electron chi connectivity index (χ4n) is 1.59. The molecule has 0 fully saturated rings. The van der Waals surface area contributed by atoms with Gasteiger partial charge in [-0.25, -0.2) is 5.84 Å². The Labute approximate surface area is 108 Å². The number of nitrogen functional groups attached to an aromatic ring is 1. The van der Waals surface area contributed by atoms with Crippen molar-refractivity contribution in [3.8, 4) is 5.75 Å². The lowest BCUT2D eigenvalue weighted by molar-refractivity contribution is 0.0953. The maximum Gasteiger partial charge on any atom is 0.265 e. The molecule has 0 heterocycles. The van der Waals surface area contributed by atoms with E-state index in [1.54, 1.807) is 24.3 Å². The number of hydrogen-bond donors (Lipinski definition) is 2. The lowest BCUT2D eigenvalue weighted by atomic mass is 10.1. The number of hydrazine groups is 1. The first-order chi connectivity index (χ1) is 8.72. The SMILES string of the molecule is C=CCc1cc(C(=O)NN)ccc1OCCCC. The van der Waals surface area contributed by atoms with Gasteiger partial charge in [-0.1, -0.05) is 19.4 Å². The van der Waals surface area contributed by atoms with Crippen molar-refractivity contribution in [1.29, 1.82) is 0 Å². The van der Waals surface area contributed by atoms with Crippen LogP contribution in [0.25, 0.3) is 0 Å². The van der Waals surface area contributed by atoms with Crippen LogP contribution in [0.3, 0.4) is 0 Å². The summed E-state index contributed by atoms with van der Waals surface area (Å²) in [6.07, 6.45) is 4.54. The van der Waals surface area contributed by atoms with E-state index in [2.05, 4.69) is 18.9 Å². The topological polar surface area (TPSA) is 64.4 Å². The number of ether oxygens (including phenoxy) is 1. The maximum absolute atomic E-state index is 11.4. The van der Waals surface area contributed by atoms with E-state index in [4.69, 9.17) is 10.6 Å². The summed E-state index contributed by atoms with van der Waals surface area (Å²) in [6, 6.07) is 5.29. The molecule has 1 aromatic carbocycles. The number of hydrogen-bond acceptors (Lipinski definition) is 3. The summed E-state index contributed by atoms with van der Waals surface area (Å²) in [5.74, 6) is 5.61. The zero-order valence-electron chi connectivity index (χ0n) is 10.7. The summed E-state index contributed by atoms with van der Waals surface area (Å²) >= 11 is 0. The largest absolute Gasteiger partial charge is 0.493 e. The second kappa shape index (κ2) is 7.50. The number of carbonyl (C=O) groups excluding carboxylic acids is 1. The van der Waals surface area contributed by atoms with E-state index in [1.807, 2.05) is 0 Å². The molecule has 0 atom stereocenters. The van der Waals surface area contributed by atoms with E-state index >= 15 is 0 Å². The molecule has 18 heavy (non-hydrogen) atoms. The summed E-state index contributed by atoms with van der Waals surface area (Å²) < 4.78 is 5.69. The highest BCUT2D eigenvalue weighted by Crippen LogP contribution is 2.21. The minimum atomic E-state index is -0.305. The van der Waals surface area contributed by atoms with E-state index in [0.717, 1.165) is 24.2 Å². The Hall–Kier alpha value is -1.81. The van der Waals surface area contributed by atoms with Crippen LogP contribution in [-0.2, 0) is 6.42 Å². The van der Waals surface area contributed by atoms with Crippen LogP contribution in [0.4, 0.5) is 0 Å². The first-order valence-electron chi connectivity index (χ1n) is 6.10. The van der Waals surface area contributed by atoms with Gasteiger partial charge < -0.3 is 4.74 Å². The lowest BCUT2D eigenvalue weighted by Crippen LogP contribution is -2.30. The van der Waals surface area contributed by atoms with Gasteiger partial charge in [0.2, 0.25) is 0 Å². The van der Waals surface area contributed by atoms with Gasteiger partial charge in [0.25, 0.3) is 5.91 Å². The first-order valence-corrected chi connectivity index (χ1v) is 6.10. The van der Waals surface area contributed by atoms with Gasteiger partial charge in [-0.3, -0.25) is 10.2 Å². The second-order valence-electron chi connectivity index (χ2n) is 3.99. The molecule has 0 aliphatic heterocycles. The maximum atomic E-state index is 11.4. The molecule has 0 radical (unpaired) electrons. The minimum Gasteiger partial charge on any atom is -0.493 e. The van der Waals surface area contributed by atoms with Crippen LogP contribution in [-0.4, -0.2) is 12.5 Å². The van der Waals surface area contributed by atoms with Crippen LogP contribution in [0.15, 0.2) is 30.9 Å². The smallest absolute Gasteiger partial charge is 0.265 e. The molecule has 1 aromatic rings. The molecule has 4 nitrogen and oxygen atoms in total. The average molecular weight is 248 g/mol. The van der Waals surface area contributed by atoms with E-state index in [-0.39, 0.29) is 5.91 Å². The number of rotatable bonds is 7. The second-order valence-corrected chi connectivity index (χ2v) is 3.99. The number of nitrogens with one attached hydrogen (secondary N) is 1. The van der Waals surface area contributed by atoms with Crippen molar-refractivity contribution in [2.45, 2.75) is 26.2 Å². The van der Waals surface area contributed by atoms with Gasteiger partial charge in [0, 0.05) is 5.56 Å². The molecular formula is C14H20N2O2. The molecule has 0 unspecified atom stereocenters. The highest BCUT2D eigenvalue weighted by atomic mass is 16.5. The molecule has 0 bridgehead atoms. The molecule has 0 aliphatic rings. The van der Waals surface area contributed by atoms with Crippen LogP contribution in [0.1, 0.15) is 35.7 Å². The van der Waals surface area contributed by atoms with Gasteiger partial charge in [0.05, 0.1) is 6.61 Å². The Morgan fingerprint density at radius 3 is 2.94 bits per heavy atom. The highest BCUT2D eigenvalue weighted by Gasteiger charge is 2.08. The molecule has 0 spiro atoms. The summed E-state index contributed by atoms with van der Waals surface area (Å²) in [6.45, 7) is 6.50. The molecule has 0 aromatic heterocycles. The third-order valence-corrected chi connectivity index (χ3v) is 2.57. The molecule has 0 aliphatic carbocycles. The fourth-order valence-corrected chi connectivity index (χ4v) is 1.59. The Morgan fingerprint density at radius 2 is 2.33 bits per heavy atom. The molecule has 4 heteroatoms. The van der Waals surface area contributed by atoms with Crippen LogP contribution in [0.2, 0.25) is 0 Å². The van der Waals surface area contributed by atoms with Crippen LogP contribution in [0.5, 0.6) is 5.75 Å². The van der Waals surface area contributed by atoms with Crippen molar-refractivity contribution in [2.24, 2.45) is 5.84 Å². The molecular weight excluding hydrogens is 228 g/mol. The van der Waals surface area contributed by atoms with Crippen molar-refractivity contribution in [1.82, 2.24) is 5.43 Å². The Morgan fingerprint density at radius 1 is 1.56 bits per heavy atom. The molecule has 0 saturated carbocycles. The van der Waals surface area contributed by atoms with Gasteiger partial charge in [0.1, 0.15) is 5.75 Å². The molecule has 3 N–H and O–H groups in total. The summed E-state index contributed by atoms with van der Waals surface area (Å²) in [5, 5.41) is 0. The van der Waals surface area contributed by atoms with Crippen molar-refractivity contribution in [3.05, 3.63) is 42.0 Å². The number of amides is 1. The third kappa shape index (κ3) is 3.89. The van der Waals surface area contributed by atoms with Crippen molar-refractivity contribution in [2.75, 3.05) is 6.61 Å². The summed E-state index contributed by atoms with van der Waals surface area (Å²) in [4.78, 5) is 11.4. The molecule has 1 rings (SSSR count). The average Bonchev–Trinajstić information content (AvgIpc) is 2.40. The van der Waals surface area contributed by atoms with Gasteiger partial charge >= 0.3 is 0 Å². The Kier molecular flexibility index (Phi) is 5.94. The normalized spacial score (nSPS) is 9.89. The number of benzene rings is 1. The number of carbonyl (C=O) groups is 1. The highest BCUT2D eigenvalue weighted by molar-refractivity contribution is 5.94. The zero-order valence-corrected chi connectivity index (χ0v) is 10.7. The predicted molar refractivity (Wildman–Crippen MR) is 72.4 cm³/mol. The monoisotopic (exact) mass is 248 g/mol. The molecule has 1 amide bonds. The van der Waals surface area contributed by atoms with Crippen LogP contribution in [0, 0.1) is 0 Å². The first kappa shape index (κ1) is 14.3. The quantitative estimate of drug-likeness (QED) is 0.255. The Balaban J connectivity index is 2.89. The predicted octanol–water partition coefficient (Wildman–Crippen LogP) is 2.20. The fraction of sp³-hybridized carbons (Fsp3) is 0.357. The summed E-state index contributed by atoms with van der Waals surface area (Å²) in [5.41, 5.74) is 3.59. The van der Waals surface area contributed by atoms with E-state index < -0.39 is 0 Å². The van der Waals surface area contributed by atoms with E-state index in [0.29, 0.717) is 18.6 Å². The van der Waals surface area contributed by atoms with Gasteiger partial charge in [-0.2, -0.15) is 0 Å². The van der Waals surface area contributed by atoms with Gasteiger partial charge in [-0.05, 0) is 36.6 Å². The molecule has 0 saturated heterocycles. The number of unbranched alkanes of at least 4 members (excludes halogenated alkanes) is 1. The van der Waals surface area contributed by atoms with Crippen molar-refractivity contribution in [3.63, 3.8) is 0 Å². The third-order valence-electron chi connectivity index (χ3n) is 2.57. The van der Waals surface area contributed by atoms with Crippen molar-refractivity contribution >= 4 is 5.91 Å².